The summed E-state index contributed by atoms with van der Waals surface area (Å²) in [6.45, 7) is 1.00. The average molecular weight is 348 g/mol. The molecule has 4 spiro atoms. The van der Waals surface area contributed by atoms with Crippen LogP contribution >= 0.6 is 0 Å². The number of fused-ring (bicyclic) bond motifs is 1. The summed E-state index contributed by atoms with van der Waals surface area (Å²) in [5.41, 5.74) is 1.42. The lowest BCUT2D eigenvalue weighted by Gasteiger charge is -2.74. The summed E-state index contributed by atoms with van der Waals surface area (Å²) in [6, 6.07) is 0. The van der Waals surface area contributed by atoms with Gasteiger partial charge in [-0.1, -0.05) is 0 Å². The molecule has 26 heavy (non-hydrogen) atoms. The molecular formula is C22H20O4. The second kappa shape index (κ2) is 2.29. The van der Waals surface area contributed by atoms with Crippen LogP contribution in [-0.4, -0.2) is 35.0 Å². The van der Waals surface area contributed by atoms with Crippen molar-refractivity contribution < 1.29 is 19.7 Å². The van der Waals surface area contributed by atoms with Crippen LogP contribution in [0, 0.1) is 105 Å². The molecule has 16 atom stereocenters. The summed E-state index contributed by atoms with van der Waals surface area (Å²) in [5.74, 6) is 7.92. The Hall–Kier alpha value is -0.610. The van der Waals surface area contributed by atoms with Crippen molar-refractivity contribution in [1.29, 1.82) is 0 Å². The highest BCUT2D eigenvalue weighted by Crippen LogP contribution is 3.24. The van der Waals surface area contributed by atoms with Crippen LogP contribution < -0.4 is 0 Å². The molecule has 4 nitrogen and oxygen atoms in total. The molecule has 15 fully saturated rings. The lowest BCUT2D eigenvalue weighted by atomic mass is 9.28. The van der Waals surface area contributed by atoms with Gasteiger partial charge in [-0.2, -0.15) is 0 Å². The normalized spacial score (nSPS) is 98.8. The Morgan fingerprint density at radius 2 is 1.27 bits per heavy atom. The predicted octanol–water partition coefficient (Wildman–Crippen LogP) is 0.553. The summed E-state index contributed by atoms with van der Waals surface area (Å²) in [5, 5.41) is 21.9. The molecule has 13 saturated carbocycles. The van der Waals surface area contributed by atoms with E-state index in [1.807, 2.05) is 0 Å². The van der Waals surface area contributed by atoms with Gasteiger partial charge in [-0.15, -0.1) is 0 Å². The highest BCUT2D eigenvalue weighted by Gasteiger charge is 3.24. The quantitative estimate of drug-likeness (QED) is 0.726. The van der Waals surface area contributed by atoms with Gasteiger partial charge in [0.05, 0.1) is 24.7 Å². The molecule has 0 aromatic carbocycles. The smallest absolute Gasteiger partial charge is 0.307 e. The lowest BCUT2D eigenvalue weighted by molar-refractivity contribution is -0.297. The zero-order chi connectivity index (χ0) is 16.2. The van der Waals surface area contributed by atoms with Crippen LogP contribution in [0.4, 0.5) is 0 Å². The van der Waals surface area contributed by atoms with E-state index in [0.29, 0.717) is 64.3 Å². The molecule has 0 amide bonds. The van der Waals surface area contributed by atoms with E-state index in [1.165, 1.54) is 0 Å². The number of aliphatic carboxylic acids is 1. The minimum absolute atomic E-state index is 0.0477. The maximum absolute atomic E-state index is 12.6. The highest BCUT2D eigenvalue weighted by molar-refractivity contribution is 5.79. The molecular weight excluding hydrogens is 328 g/mol. The van der Waals surface area contributed by atoms with Gasteiger partial charge < -0.3 is 14.9 Å². The first kappa shape index (κ1) is 11.4. The van der Waals surface area contributed by atoms with Crippen molar-refractivity contribution in [2.24, 2.45) is 105 Å². The highest BCUT2D eigenvalue weighted by atomic mass is 16.5. The zero-order valence-corrected chi connectivity index (χ0v) is 14.2. The SMILES string of the molecule is O=C(O)C1C2C3C4C5C6COC7C8C9C%10C%11C(O)C9C29C8(C63)C5(C7%10)C%119C14. The third kappa shape index (κ3) is 0.434. The van der Waals surface area contributed by atoms with Gasteiger partial charge in [0.25, 0.3) is 0 Å². The van der Waals surface area contributed by atoms with E-state index in [0.717, 1.165) is 36.2 Å². The fourth-order valence-electron chi connectivity index (χ4n) is 17.9. The van der Waals surface area contributed by atoms with E-state index in [1.54, 1.807) is 0 Å². The van der Waals surface area contributed by atoms with E-state index in [9.17, 15) is 15.0 Å². The van der Waals surface area contributed by atoms with Crippen LogP contribution in [-0.2, 0) is 9.53 Å². The molecule has 132 valence electrons. The van der Waals surface area contributed by atoms with Crippen LogP contribution in [0.3, 0.4) is 0 Å². The molecule has 16 unspecified atom stereocenters. The molecule has 0 aromatic rings. The predicted molar refractivity (Wildman–Crippen MR) is 82.0 cm³/mol. The molecule has 15 rings (SSSR count). The minimum atomic E-state index is -0.463. The first-order valence-corrected chi connectivity index (χ1v) is 11.2. The van der Waals surface area contributed by atoms with Crippen molar-refractivity contribution >= 4 is 5.97 Å². The van der Waals surface area contributed by atoms with Crippen LogP contribution in [0.25, 0.3) is 0 Å². The van der Waals surface area contributed by atoms with Crippen molar-refractivity contribution in [3.05, 3.63) is 0 Å². The zero-order valence-electron chi connectivity index (χ0n) is 14.2. The van der Waals surface area contributed by atoms with Gasteiger partial charge >= 0.3 is 5.97 Å². The van der Waals surface area contributed by atoms with Crippen molar-refractivity contribution in [3.63, 3.8) is 0 Å². The number of carboxylic acid groups (broad SMARTS) is 1. The molecule has 2 N–H and O–H groups in total. The number of aliphatic hydroxyl groups is 1. The summed E-state index contributed by atoms with van der Waals surface area (Å²) >= 11 is 0. The number of carbonyl (C=O) groups is 1. The van der Waals surface area contributed by atoms with Gasteiger partial charge in [0.2, 0.25) is 0 Å². The Labute approximate surface area is 149 Å². The van der Waals surface area contributed by atoms with E-state index >= 15 is 0 Å². The van der Waals surface area contributed by atoms with Gasteiger partial charge in [0.1, 0.15) is 0 Å². The Bertz CT molecular complexity index is 956. The van der Waals surface area contributed by atoms with Crippen molar-refractivity contribution in [2.45, 2.75) is 12.2 Å². The number of ether oxygens (including phenoxy) is 1. The first-order chi connectivity index (χ1) is 12.7. The molecule has 4 heteroatoms. The van der Waals surface area contributed by atoms with Crippen molar-refractivity contribution in [1.82, 2.24) is 0 Å². The Kier molecular flexibility index (Phi) is 1.00. The van der Waals surface area contributed by atoms with Crippen LogP contribution in [0.2, 0.25) is 0 Å². The van der Waals surface area contributed by atoms with E-state index in [4.69, 9.17) is 4.74 Å². The van der Waals surface area contributed by atoms with Crippen LogP contribution in [0.1, 0.15) is 0 Å². The number of hydrogen-bond acceptors (Lipinski definition) is 3. The standard InChI is InChI=1S/C22H20O4/c23-16-12-5-6-13(16)22-11-4-3-8-2-1-26-17-14(5)19(8,20(22,9(2)4)15(6)17)21(12,22)10(3)7(11)18(24)25/h2-17,23H,1H2,(H,24,25). The molecule has 2 aliphatic heterocycles. The Morgan fingerprint density at radius 3 is 1.81 bits per heavy atom. The number of rotatable bonds is 1. The molecule has 13 aliphatic carbocycles. The Morgan fingerprint density at radius 1 is 0.769 bits per heavy atom. The van der Waals surface area contributed by atoms with Crippen LogP contribution in [0.5, 0.6) is 0 Å². The maximum Gasteiger partial charge on any atom is 0.307 e. The average Bonchev–Trinajstić information content (AvgIpc) is 3.36. The largest absolute Gasteiger partial charge is 0.481 e. The second-order valence-corrected chi connectivity index (χ2v) is 12.8. The van der Waals surface area contributed by atoms with Gasteiger partial charge in [0, 0.05) is 0 Å². The van der Waals surface area contributed by atoms with E-state index in [2.05, 4.69) is 0 Å². The van der Waals surface area contributed by atoms with Gasteiger partial charge in [-0.05, 0) is 98.6 Å². The molecule has 2 heterocycles. The van der Waals surface area contributed by atoms with Crippen molar-refractivity contribution in [2.75, 3.05) is 6.61 Å². The molecule has 2 saturated heterocycles. The molecule has 0 radical (unpaired) electrons. The number of carboxylic acids is 1. The number of aliphatic hydroxyl groups excluding tert-OH is 1. The minimum Gasteiger partial charge on any atom is -0.481 e. The lowest BCUT2D eigenvalue weighted by Crippen LogP contribution is -2.73. The summed E-state index contributed by atoms with van der Waals surface area (Å²) < 4.78 is 6.74. The maximum atomic E-state index is 12.6. The fraction of sp³-hybridized carbons (Fsp3) is 0.955. The van der Waals surface area contributed by atoms with E-state index in [-0.39, 0.29) is 22.9 Å². The third-order valence-corrected chi connectivity index (χ3v) is 15.1. The number of hydrogen-bond donors (Lipinski definition) is 2. The summed E-state index contributed by atoms with van der Waals surface area (Å²) in [4.78, 5) is 12.6. The molecule has 0 aromatic heterocycles. The third-order valence-electron chi connectivity index (χ3n) is 15.1. The monoisotopic (exact) mass is 348 g/mol. The van der Waals surface area contributed by atoms with Gasteiger partial charge in [-0.3, -0.25) is 4.79 Å². The Balaban J connectivity index is 1.41. The van der Waals surface area contributed by atoms with E-state index < -0.39 is 5.97 Å². The topological polar surface area (TPSA) is 66.8 Å². The second-order valence-electron chi connectivity index (χ2n) is 12.8. The van der Waals surface area contributed by atoms with Gasteiger partial charge in [-0.25, -0.2) is 0 Å². The molecule has 15 aliphatic rings. The fourth-order valence-corrected chi connectivity index (χ4v) is 17.9. The first-order valence-electron chi connectivity index (χ1n) is 11.2. The summed E-state index contributed by atoms with van der Waals surface area (Å²) in [6.07, 6.45) is 0.416. The molecule has 12 bridgehead atoms. The van der Waals surface area contributed by atoms with Gasteiger partial charge in [0.15, 0.2) is 0 Å². The van der Waals surface area contributed by atoms with Crippen LogP contribution in [0.15, 0.2) is 0 Å². The van der Waals surface area contributed by atoms with Crippen molar-refractivity contribution in [3.8, 4) is 0 Å². The summed E-state index contributed by atoms with van der Waals surface area (Å²) in [7, 11) is 0.